The van der Waals surface area contributed by atoms with Crippen LogP contribution in [0.15, 0.2) is 48.5 Å². The highest BCUT2D eigenvalue weighted by Crippen LogP contribution is 2.38. The van der Waals surface area contributed by atoms with Gasteiger partial charge in [0, 0.05) is 0 Å². The van der Waals surface area contributed by atoms with Gasteiger partial charge in [0.2, 0.25) is 0 Å². The first-order valence-electron chi connectivity index (χ1n) is 7.63. The average molecular weight is 338 g/mol. The van der Waals surface area contributed by atoms with Gasteiger partial charge >= 0.3 is 0 Å². The first-order chi connectivity index (χ1) is 10.9. The van der Waals surface area contributed by atoms with E-state index >= 15 is 0 Å². The molecule has 0 bridgehead atoms. The van der Waals surface area contributed by atoms with Gasteiger partial charge in [0.1, 0.15) is 11.6 Å². The van der Waals surface area contributed by atoms with Crippen molar-refractivity contribution in [2.45, 2.75) is 37.2 Å². The molecule has 0 spiro atoms. The van der Waals surface area contributed by atoms with E-state index in [9.17, 15) is 17.2 Å². The van der Waals surface area contributed by atoms with E-state index < -0.39 is 32.0 Å². The van der Waals surface area contributed by atoms with Crippen LogP contribution in [-0.2, 0) is 9.84 Å². The molecule has 2 atom stereocenters. The average Bonchev–Trinajstić information content (AvgIpc) is 2.52. The van der Waals surface area contributed by atoms with Gasteiger partial charge in [-0.3, -0.25) is 0 Å². The summed E-state index contributed by atoms with van der Waals surface area (Å²) in [6.45, 7) is 3.59. The molecule has 5 heteroatoms. The predicted octanol–water partition coefficient (Wildman–Crippen LogP) is 4.98. The first-order valence-corrected chi connectivity index (χ1v) is 9.24. The largest absolute Gasteiger partial charge is 0.228 e. The predicted molar refractivity (Wildman–Crippen MR) is 87.8 cm³/mol. The molecule has 2 unspecified atom stereocenters. The molecule has 0 aliphatic heterocycles. The van der Waals surface area contributed by atoms with Crippen LogP contribution in [0.2, 0.25) is 0 Å². The smallest absolute Gasteiger partial charge is 0.164 e. The number of sulfone groups is 1. The molecule has 0 radical (unpaired) electrons. The van der Waals surface area contributed by atoms with Crippen molar-refractivity contribution in [3.05, 3.63) is 71.3 Å². The van der Waals surface area contributed by atoms with Crippen molar-refractivity contribution in [3.8, 4) is 0 Å². The Bertz CT molecular complexity index is 678. The van der Waals surface area contributed by atoms with Gasteiger partial charge in [0.15, 0.2) is 9.84 Å². The van der Waals surface area contributed by atoms with Gasteiger partial charge in [-0.25, -0.2) is 17.2 Å². The minimum Gasteiger partial charge on any atom is -0.228 e. The molecule has 124 valence electrons. The second kappa shape index (κ2) is 7.21. The molecule has 0 heterocycles. The lowest BCUT2D eigenvalue weighted by Gasteiger charge is -2.23. The van der Waals surface area contributed by atoms with E-state index in [0.717, 1.165) is 0 Å². The molecule has 0 aliphatic carbocycles. The molecule has 0 saturated heterocycles. The Kier molecular flexibility index (Phi) is 5.52. The topological polar surface area (TPSA) is 34.1 Å². The van der Waals surface area contributed by atoms with Crippen molar-refractivity contribution < 1.29 is 17.2 Å². The minimum absolute atomic E-state index is 0.395. The van der Waals surface area contributed by atoms with Crippen molar-refractivity contribution in [1.82, 2.24) is 0 Å². The summed E-state index contributed by atoms with van der Waals surface area (Å²) in [4.78, 5) is 0. The Morgan fingerprint density at radius 1 is 0.739 bits per heavy atom. The molecule has 0 aliphatic rings. The molecule has 2 aromatic carbocycles. The maximum Gasteiger partial charge on any atom is 0.164 e. The van der Waals surface area contributed by atoms with E-state index in [4.69, 9.17) is 0 Å². The van der Waals surface area contributed by atoms with Crippen molar-refractivity contribution in [3.63, 3.8) is 0 Å². The molecule has 0 fully saturated rings. The fourth-order valence-corrected chi connectivity index (χ4v) is 5.27. The standard InChI is InChI=1S/C18H20F2O2S/c1-3-17(13-5-9-15(19)10-6-13)23(21,22)18(4-2)14-7-11-16(20)12-8-14/h5-12,17-18H,3-4H2,1-2H3. The Morgan fingerprint density at radius 3 is 1.30 bits per heavy atom. The zero-order valence-corrected chi connectivity index (χ0v) is 14.0. The van der Waals surface area contributed by atoms with Gasteiger partial charge in [-0.05, 0) is 48.2 Å². The van der Waals surface area contributed by atoms with Crippen molar-refractivity contribution in [1.29, 1.82) is 0 Å². The van der Waals surface area contributed by atoms with Gasteiger partial charge in [-0.15, -0.1) is 0 Å². The van der Waals surface area contributed by atoms with Crippen LogP contribution in [0.4, 0.5) is 8.78 Å². The molecular formula is C18H20F2O2S. The zero-order chi connectivity index (χ0) is 17.0. The molecule has 0 amide bonds. The van der Waals surface area contributed by atoms with Gasteiger partial charge in [-0.2, -0.15) is 0 Å². The quantitative estimate of drug-likeness (QED) is 0.744. The fourth-order valence-electron chi connectivity index (χ4n) is 2.87. The molecule has 2 nitrogen and oxygen atoms in total. The van der Waals surface area contributed by atoms with Crippen molar-refractivity contribution in [2.24, 2.45) is 0 Å². The van der Waals surface area contributed by atoms with Gasteiger partial charge in [0.05, 0.1) is 10.5 Å². The van der Waals surface area contributed by atoms with E-state index in [1.54, 1.807) is 13.8 Å². The highest BCUT2D eigenvalue weighted by atomic mass is 32.2. The Morgan fingerprint density at radius 2 is 1.04 bits per heavy atom. The highest BCUT2D eigenvalue weighted by Gasteiger charge is 2.34. The molecule has 0 N–H and O–H groups in total. The van der Waals surface area contributed by atoms with Crippen LogP contribution in [0.25, 0.3) is 0 Å². The summed E-state index contributed by atoms with van der Waals surface area (Å²) in [5, 5.41) is -1.42. The van der Waals surface area contributed by atoms with Crippen LogP contribution in [-0.4, -0.2) is 8.42 Å². The fraction of sp³-hybridized carbons (Fsp3) is 0.333. The third-order valence-electron chi connectivity index (χ3n) is 4.02. The molecule has 2 aromatic rings. The summed E-state index contributed by atoms with van der Waals surface area (Å²) >= 11 is 0. The highest BCUT2D eigenvalue weighted by molar-refractivity contribution is 7.91. The maximum atomic E-state index is 13.1. The summed E-state index contributed by atoms with van der Waals surface area (Å²) in [7, 11) is -3.54. The molecular weight excluding hydrogens is 318 g/mol. The summed E-state index contributed by atoms with van der Waals surface area (Å²) < 4.78 is 52.3. The van der Waals surface area contributed by atoms with Gasteiger partial charge in [0.25, 0.3) is 0 Å². The second-order valence-corrected chi connectivity index (χ2v) is 7.80. The van der Waals surface area contributed by atoms with Crippen LogP contribution in [0.5, 0.6) is 0 Å². The Balaban J connectivity index is 2.43. The van der Waals surface area contributed by atoms with Crippen molar-refractivity contribution in [2.75, 3.05) is 0 Å². The number of hydrogen-bond donors (Lipinski definition) is 0. The zero-order valence-electron chi connectivity index (χ0n) is 13.2. The summed E-state index contributed by atoms with van der Waals surface area (Å²) in [6.07, 6.45) is 0.789. The first kappa shape index (κ1) is 17.6. The number of benzene rings is 2. The molecule has 0 aromatic heterocycles. The normalized spacial score (nSPS) is 14.4. The lowest BCUT2D eigenvalue weighted by atomic mass is 10.1. The summed E-state index contributed by atoms with van der Waals surface area (Å²) in [6, 6.07) is 11.1. The Labute approximate surface area is 136 Å². The van der Waals surface area contributed by atoms with E-state index in [-0.39, 0.29) is 0 Å². The van der Waals surface area contributed by atoms with Crippen LogP contribution in [0.3, 0.4) is 0 Å². The van der Waals surface area contributed by atoms with E-state index in [1.165, 1.54) is 48.5 Å². The van der Waals surface area contributed by atoms with E-state index in [1.807, 2.05) is 0 Å². The van der Waals surface area contributed by atoms with Crippen LogP contribution >= 0.6 is 0 Å². The van der Waals surface area contributed by atoms with Crippen molar-refractivity contribution >= 4 is 9.84 Å². The number of halogens is 2. The summed E-state index contributed by atoms with van der Waals surface area (Å²) in [5.41, 5.74) is 1.16. The lowest BCUT2D eigenvalue weighted by Crippen LogP contribution is -2.20. The number of rotatable bonds is 6. The molecule has 23 heavy (non-hydrogen) atoms. The van der Waals surface area contributed by atoms with E-state index in [0.29, 0.717) is 24.0 Å². The van der Waals surface area contributed by atoms with Gasteiger partial charge < -0.3 is 0 Å². The summed E-state index contributed by atoms with van der Waals surface area (Å²) in [5.74, 6) is -0.793. The third-order valence-corrected chi connectivity index (χ3v) is 6.82. The van der Waals surface area contributed by atoms with Gasteiger partial charge in [-0.1, -0.05) is 38.1 Å². The molecule has 2 rings (SSSR count). The van der Waals surface area contributed by atoms with Crippen LogP contribution < -0.4 is 0 Å². The SMILES string of the molecule is CCC(c1ccc(F)cc1)S(=O)(=O)C(CC)c1ccc(F)cc1. The Hall–Kier alpha value is -1.75. The third kappa shape index (κ3) is 3.78. The van der Waals surface area contributed by atoms with Crippen LogP contribution in [0.1, 0.15) is 48.3 Å². The monoisotopic (exact) mass is 338 g/mol. The molecule has 0 saturated carbocycles. The minimum atomic E-state index is -3.54. The maximum absolute atomic E-state index is 13.1. The second-order valence-electron chi connectivity index (χ2n) is 5.49. The number of hydrogen-bond acceptors (Lipinski definition) is 2. The van der Waals surface area contributed by atoms with E-state index in [2.05, 4.69) is 0 Å². The lowest BCUT2D eigenvalue weighted by molar-refractivity contribution is 0.560. The van der Waals surface area contributed by atoms with Crippen LogP contribution in [0, 0.1) is 11.6 Å².